The summed E-state index contributed by atoms with van der Waals surface area (Å²) in [6.07, 6.45) is 0.270. The highest BCUT2D eigenvalue weighted by Gasteiger charge is 2.37. The Balaban J connectivity index is 1.77. The lowest BCUT2D eigenvalue weighted by Crippen LogP contribution is -2.25. The van der Waals surface area contributed by atoms with Gasteiger partial charge in [0.2, 0.25) is 0 Å². The molecule has 3 rings (SSSR count). The summed E-state index contributed by atoms with van der Waals surface area (Å²) in [7, 11) is 0. The molecule has 0 aromatic carbocycles. The van der Waals surface area contributed by atoms with Gasteiger partial charge < -0.3 is 5.32 Å². The van der Waals surface area contributed by atoms with Gasteiger partial charge in [0.25, 0.3) is 5.82 Å². The summed E-state index contributed by atoms with van der Waals surface area (Å²) in [5.41, 5.74) is 0.0870. The predicted molar refractivity (Wildman–Crippen MR) is 75.4 cm³/mol. The zero-order chi connectivity index (χ0) is 15.7. The molecule has 2 atom stereocenters. The van der Waals surface area contributed by atoms with Gasteiger partial charge in [0.15, 0.2) is 5.65 Å². The first-order chi connectivity index (χ1) is 10.4. The van der Waals surface area contributed by atoms with Gasteiger partial charge in [-0.25, -0.2) is 0 Å². The van der Waals surface area contributed by atoms with Gasteiger partial charge in [0, 0.05) is 6.54 Å². The smallest absolute Gasteiger partial charge is 0.368 e. The predicted octanol–water partition coefficient (Wildman–Crippen LogP) is 3.38. The molecule has 1 fully saturated rings. The zero-order valence-corrected chi connectivity index (χ0v) is 12.3. The van der Waals surface area contributed by atoms with Crippen LogP contribution in [-0.2, 0) is 6.18 Å². The maximum atomic E-state index is 12.8. The SMILES string of the molecule is CC1CCCCC1CNc1ccc2nnc(C(F)(F)F)n2n1. The van der Waals surface area contributed by atoms with Gasteiger partial charge in [0.1, 0.15) is 5.82 Å². The molecule has 5 nitrogen and oxygen atoms in total. The summed E-state index contributed by atoms with van der Waals surface area (Å²) in [5, 5.41) is 13.8. The van der Waals surface area contributed by atoms with Crippen LogP contribution in [0, 0.1) is 11.8 Å². The molecule has 1 aliphatic rings. The molecule has 8 heteroatoms. The normalized spacial score (nSPS) is 22.9. The van der Waals surface area contributed by atoms with Crippen LogP contribution in [0.5, 0.6) is 0 Å². The topological polar surface area (TPSA) is 55.1 Å². The first-order valence-electron chi connectivity index (χ1n) is 7.48. The molecule has 2 heterocycles. The van der Waals surface area contributed by atoms with Gasteiger partial charge in [-0.3, -0.25) is 0 Å². The van der Waals surface area contributed by atoms with Crippen molar-refractivity contribution in [2.24, 2.45) is 11.8 Å². The van der Waals surface area contributed by atoms with Gasteiger partial charge in [0.05, 0.1) is 0 Å². The van der Waals surface area contributed by atoms with E-state index in [9.17, 15) is 13.2 Å². The lowest BCUT2D eigenvalue weighted by Gasteiger charge is -2.28. The minimum absolute atomic E-state index is 0.0870. The fourth-order valence-electron chi connectivity index (χ4n) is 2.99. The molecule has 22 heavy (non-hydrogen) atoms. The van der Waals surface area contributed by atoms with Gasteiger partial charge in [-0.05, 0) is 30.4 Å². The maximum Gasteiger partial charge on any atom is 0.453 e. The number of fused-ring (bicyclic) bond motifs is 1. The number of hydrogen-bond donors (Lipinski definition) is 1. The number of nitrogens with zero attached hydrogens (tertiary/aromatic N) is 4. The van der Waals surface area contributed by atoms with Crippen LogP contribution in [0.4, 0.5) is 19.0 Å². The Morgan fingerprint density at radius 1 is 1.23 bits per heavy atom. The second-order valence-electron chi connectivity index (χ2n) is 5.91. The van der Waals surface area contributed by atoms with Crippen molar-refractivity contribution in [3.8, 4) is 0 Å². The van der Waals surface area contributed by atoms with Crippen molar-refractivity contribution in [2.45, 2.75) is 38.8 Å². The van der Waals surface area contributed by atoms with E-state index < -0.39 is 12.0 Å². The number of hydrogen-bond acceptors (Lipinski definition) is 4. The van der Waals surface area contributed by atoms with Crippen LogP contribution in [0.3, 0.4) is 0 Å². The van der Waals surface area contributed by atoms with Crippen LogP contribution in [0.2, 0.25) is 0 Å². The van der Waals surface area contributed by atoms with E-state index in [1.165, 1.54) is 25.3 Å². The zero-order valence-electron chi connectivity index (χ0n) is 12.3. The van der Waals surface area contributed by atoms with Crippen LogP contribution in [0.25, 0.3) is 5.65 Å². The lowest BCUT2D eigenvalue weighted by molar-refractivity contribution is -0.146. The molecule has 0 amide bonds. The summed E-state index contributed by atoms with van der Waals surface area (Å²) in [6, 6.07) is 3.12. The molecular weight excluding hydrogens is 295 g/mol. The lowest BCUT2D eigenvalue weighted by atomic mass is 9.80. The summed E-state index contributed by atoms with van der Waals surface area (Å²) in [4.78, 5) is 0. The molecule has 0 radical (unpaired) electrons. The molecule has 0 spiro atoms. The monoisotopic (exact) mass is 313 g/mol. The van der Waals surface area contributed by atoms with Crippen molar-refractivity contribution >= 4 is 11.5 Å². The highest BCUT2D eigenvalue weighted by atomic mass is 19.4. The van der Waals surface area contributed by atoms with E-state index in [-0.39, 0.29) is 5.65 Å². The summed E-state index contributed by atoms with van der Waals surface area (Å²) >= 11 is 0. The molecule has 2 unspecified atom stereocenters. The molecule has 120 valence electrons. The van der Waals surface area contributed by atoms with Crippen molar-refractivity contribution in [3.63, 3.8) is 0 Å². The van der Waals surface area contributed by atoms with Crippen LogP contribution in [0.1, 0.15) is 38.4 Å². The Morgan fingerprint density at radius 2 is 2.00 bits per heavy atom. The first-order valence-corrected chi connectivity index (χ1v) is 7.48. The maximum absolute atomic E-state index is 12.8. The fourth-order valence-corrected chi connectivity index (χ4v) is 2.99. The molecule has 2 aromatic rings. The van der Waals surface area contributed by atoms with Crippen LogP contribution in [0.15, 0.2) is 12.1 Å². The van der Waals surface area contributed by atoms with Crippen LogP contribution in [-0.4, -0.2) is 26.4 Å². The third-order valence-corrected chi connectivity index (χ3v) is 4.35. The van der Waals surface area contributed by atoms with E-state index in [1.807, 2.05) is 0 Å². The third-order valence-electron chi connectivity index (χ3n) is 4.35. The average Bonchev–Trinajstić information content (AvgIpc) is 2.89. The highest BCUT2D eigenvalue weighted by Crippen LogP contribution is 2.30. The van der Waals surface area contributed by atoms with Crippen molar-refractivity contribution in [3.05, 3.63) is 18.0 Å². The fraction of sp³-hybridized carbons (Fsp3) is 0.643. The molecule has 1 saturated carbocycles. The van der Waals surface area contributed by atoms with Crippen LogP contribution >= 0.6 is 0 Å². The van der Waals surface area contributed by atoms with Crippen molar-refractivity contribution in [1.82, 2.24) is 19.8 Å². The number of alkyl halides is 3. The van der Waals surface area contributed by atoms with E-state index in [0.29, 0.717) is 17.7 Å². The minimum atomic E-state index is -4.57. The number of rotatable bonds is 3. The van der Waals surface area contributed by atoms with E-state index in [4.69, 9.17) is 0 Å². The summed E-state index contributed by atoms with van der Waals surface area (Å²) in [5.74, 6) is 0.479. The van der Waals surface area contributed by atoms with E-state index in [2.05, 4.69) is 27.5 Å². The van der Waals surface area contributed by atoms with Gasteiger partial charge in [-0.15, -0.1) is 15.3 Å². The van der Waals surface area contributed by atoms with Crippen molar-refractivity contribution < 1.29 is 13.2 Å². The average molecular weight is 313 g/mol. The molecule has 2 aromatic heterocycles. The second-order valence-corrected chi connectivity index (χ2v) is 5.91. The van der Waals surface area contributed by atoms with Crippen LogP contribution < -0.4 is 5.32 Å². The number of nitrogens with one attached hydrogen (secondary N) is 1. The van der Waals surface area contributed by atoms with Gasteiger partial charge >= 0.3 is 6.18 Å². The second kappa shape index (κ2) is 5.73. The Kier molecular flexibility index (Phi) is 3.92. The number of anilines is 1. The van der Waals surface area contributed by atoms with E-state index >= 15 is 0 Å². The van der Waals surface area contributed by atoms with Gasteiger partial charge in [-0.1, -0.05) is 26.2 Å². The summed E-state index contributed by atoms with van der Waals surface area (Å²) in [6.45, 7) is 2.95. The van der Waals surface area contributed by atoms with Gasteiger partial charge in [-0.2, -0.15) is 17.7 Å². The Hall–Kier alpha value is -1.86. The Morgan fingerprint density at radius 3 is 2.73 bits per heavy atom. The molecule has 0 saturated heterocycles. The number of aromatic nitrogens is 4. The molecule has 0 aliphatic heterocycles. The third kappa shape index (κ3) is 3.00. The van der Waals surface area contributed by atoms with E-state index in [1.54, 1.807) is 6.07 Å². The largest absolute Gasteiger partial charge is 0.453 e. The molecule has 0 bridgehead atoms. The molecular formula is C14H18F3N5. The Labute approximate surface area is 125 Å². The minimum Gasteiger partial charge on any atom is -0.368 e. The molecule has 1 N–H and O–H groups in total. The standard InChI is InChI=1S/C14H18F3N5/c1-9-4-2-3-5-10(9)8-18-11-6-7-12-19-20-13(14(15,16)17)22(12)21-11/h6-7,9-10H,2-5,8H2,1H3,(H,18,21). The Bertz CT molecular complexity index is 651. The summed E-state index contributed by atoms with van der Waals surface area (Å²) < 4.78 is 39.2. The highest BCUT2D eigenvalue weighted by molar-refractivity contribution is 5.44. The van der Waals surface area contributed by atoms with Crippen molar-refractivity contribution in [2.75, 3.05) is 11.9 Å². The van der Waals surface area contributed by atoms with E-state index in [0.717, 1.165) is 17.5 Å². The van der Waals surface area contributed by atoms with Crippen molar-refractivity contribution in [1.29, 1.82) is 0 Å². The first kappa shape index (κ1) is 15.1. The molecule has 1 aliphatic carbocycles. The quantitative estimate of drug-likeness (QED) is 0.944. The number of halogens is 3.